The Morgan fingerprint density at radius 2 is 2.00 bits per heavy atom. The maximum atomic E-state index is 12.3. The maximum absolute atomic E-state index is 12.3. The Morgan fingerprint density at radius 1 is 1.33 bits per heavy atom. The van der Waals surface area contributed by atoms with Gasteiger partial charge < -0.3 is 10.4 Å². The fourth-order valence-electron chi connectivity index (χ4n) is 2.20. The normalized spacial score (nSPS) is 17.1. The monoisotopic (exact) mass is 354 g/mol. The molecule has 1 aliphatic carbocycles. The molecule has 1 aliphatic rings. The quantitative estimate of drug-likeness (QED) is 0.652. The van der Waals surface area contributed by atoms with Crippen LogP contribution in [0, 0.1) is 5.92 Å². The summed E-state index contributed by atoms with van der Waals surface area (Å²) >= 11 is 0. The summed E-state index contributed by atoms with van der Waals surface area (Å²) < 4.78 is 27.0. The summed E-state index contributed by atoms with van der Waals surface area (Å²) in [6.45, 7) is 3.57. The first-order valence-electron chi connectivity index (χ1n) is 7.90. The van der Waals surface area contributed by atoms with Crippen LogP contribution < -0.4 is 10.0 Å². The second-order valence-corrected chi connectivity index (χ2v) is 7.81. The number of rotatable bonds is 8. The van der Waals surface area contributed by atoms with Crippen molar-refractivity contribution in [3.63, 3.8) is 0 Å². The van der Waals surface area contributed by atoms with Crippen LogP contribution in [0.3, 0.4) is 0 Å². The van der Waals surface area contributed by atoms with Gasteiger partial charge in [-0.15, -0.1) is 0 Å². The molecule has 0 aromatic heterocycles. The van der Waals surface area contributed by atoms with E-state index in [1.54, 1.807) is 6.92 Å². The molecule has 132 valence electrons. The lowest BCUT2D eigenvalue weighted by Crippen LogP contribution is -2.45. The average Bonchev–Trinajstić information content (AvgIpc) is 3.34. The molecule has 0 spiro atoms. The van der Waals surface area contributed by atoms with Gasteiger partial charge in [-0.05, 0) is 37.0 Å². The molecule has 24 heavy (non-hydrogen) atoms. The Balaban J connectivity index is 2.17. The van der Waals surface area contributed by atoms with Crippen molar-refractivity contribution in [3.05, 3.63) is 29.8 Å². The van der Waals surface area contributed by atoms with Crippen molar-refractivity contribution in [2.75, 3.05) is 0 Å². The zero-order valence-electron chi connectivity index (χ0n) is 13.7. The molecule has 1 amide bonds. The van der Waals surface area contributed by atoms with Crippen LogP contribution in [0.2, 0.25) is 0 Å². The molecule has 8 heteroatoms. The van der Waals surface area contributed by atoms with E-state index >= 15 is 0 Å². The van der Waals surface area contributed by atoms with Gasteiger partial charge in [-0.3, -0.25) is 4.79 Å². The lowest BCUT2D eigenvalue weighted by Gasteiger charge is -2.20. The van der Waals surface area contributed by atoms with Crippen LogP contribution in [0.4, 0.5) is 0 Å². The van der Waals surface area contributed by atoms with E-state index < -0.39 is 27.9 Å². The fourth-order valence-corrected chi connectivity index (χ4v) is 3.55. The number of carbonyl (C=O) groups excluding carboxylic acids is 1. The predicted octanol–water partition coefficient (Wildman–Crippen LogP) is 1.36. The first-order valence-corrected chi connectivity index (χ1v) is 9.39. The summed E-state index contributed by atoms with van der Waals surface area (Å²) in [5.74, 6) is -1.96. The van der Waals surface area contributed by atoms with Crippen molar-refractivity contribution in [1.82, 2.24) is 10.0 Å². The molecule has 2 unspecified atom stereocenters. The first-order chi connectivity index (χ1) is 11.2. The highest BCUT2D eigenvalue weighted by Crippen LogP contribution is 2.22. The first kappa shape index (κ1) is 18.4. The Bertz CT molecular complexity index is 728. The van der Waals surface area contributed by atoms with E-state index in [2.05, 4.69) is 10.0 Å². The predicted molar refractivity (Wildman–Crippen MR) is 88.1 cm³/mol. The van der Waals surface area contributed by atoms with Gasteiger partial charge in [0.25, 0.3) is 5.91 Å². The van der Waals surface area contributed by atoms with Crippen LogP contribution in [-0.4, -0.2) is 37.5 Å². The third kappa shape index (κ3) is 4.55. The van der Waals surface area contributed by atoms with Crippen molar-refractivity contribution in [2.24, 2.45) is 5.92 Å². The number of benzene rings is 1. The minimum Gasteiger partial charge on any atom is -0.480 e. The van der Waals surface area contributed by atoms with E-state index in [-0.39, 0.29) is 22.4 Å². The highest BCUT2D eigenvalue weighted by molar-refractivity contribution is 7.89. The molecule has 0 radical (unpaired) electrons. The second-order valence-electron chi connectivity index (χ2n) is 6.10. The molecule has 1 fully saturated rings. The van der Waals surface area contributed by atoms with E-state index in [1.807, 2.05) is 6.92 Å². The molecule has 0 heterocycles. The van der Waals surface area contributed by atoms with E-state index in [9.17, 15) is 23.1 Å². The van der Waals surface area contributed by atoms with Gasteiger partial charge in [-0.25, -0.2) is 17.9 Å². The molecule has 2 atom stereocenters. The highest BCUT2D eigenvalue weighted by Gasteiger charge is 2.29. The molecule has 0 bridgehead atoms. The van der Waals surface area contributed by atoms with Crippen LogP contribution in [0.15, 0.2) is 29.2 Å². The van der Waals surface area contributed by atoms with E-state index in [4.69, 9.17) is 0 Å². The second kappa shape index (κ2) is 7.31. The van der Waals surface area contributed by atoms with Crippen LogP contribution in [0.1, 0.15) is 43.5 Å². The lowest BCUT2D eigenvalue weighted by atomic mass is 9.99. The molecule has 1 aromatic carbocycles. The third-order valence-corrected chi connectivity index (χ3v) is 5.59. The Kier molecular flexibility index (Phi) is 5.61. The average molecular weight is 354 g/mol. The molecule has 1 saturated carbocycles. The standard InChI is InChI=1S/C16H22N2O5S/c1-3-10(2)14(16(20)21)17-15(19)11-5-4-6-13(9-11)24(22,23)18-12-7-8-12/h4-6,9-10,12,14,18H,3,7-8H2,1-2H3,(H,17,19)(H,20,21). The lowest BCUT2D eigenvalue weighted by molar-refractivity contribution is -0.140. The Hall–Kier alpha value is -1.93. The molecular weight excluding hydrogens is 332 g/mol. The van der Waals surface area contributed by atoms with E-state index in [0.717, 1.165) is 12.8 Å². The molecule has 7 nitrogen and oxygen atoms in total. The summed E-state index contributed by atoms with van der Waals surface area (Å²) in [5.41, 5.74) is 0.114. The summed E-state index contributed by atoms with van der Waals surface area (Å²) in [6, 6.07) is 4.54. The molecule has 0 saturated heterocycles. The van der Waals surface area contributed by atoms with Crippen LogP contribution >= 0.6 is 0 Å². The number of carboxylic acids is 1. The summed E-state index contributed by atoms with van der Waals surface area (Å²) in [6.07, 6.45) is 2.22. The maximum Gasteiger partial charge on any atom is 0.326 e. The zero-order valence-corrected chi connectivity index (χ0v) is 14.5. The largest absolute Gasteiger partial charge is 0.480 e. The number of sulfonamides is 1. The van der Waals surface area contributed by atoms with Crippen molar-refractivity contribution in [2.45, 2.75) is 50.1 Å². The molecule has 2 rings (SSSR count). The minimum atomic E-state index is -3.67. The van der Waals surface area contributed by atoms with Gasteiger partial charge in [0, 0.05) is 11.6 Å². The van der Waals surface area contributed by atoms with Crippen molar-refractivity contribution in [1.29, 1.82) is 0 Å². The molecule has 0 aliphatic heterocycles. The molecule has 1 aromatic rings. The summed E-state index contributed by atoms with van der Waals surface area (Å²) in [7, 11) is -3.67. The van der Waals surface area contributed by atoms with Gasteiger partial charge in [-0.2, -0.15) is 0 Å². The summed E-state index contributed by atoms with van der Waals surface area (Å²) in [4.78, 5) is 23.6. The molecular formula is C16H22N2O5S. The fraction of sp³-hybridized carbons (Fsp3) is 0.500. The SMILES string of the molecule is CCC(C)C(NC(=O)c1cccc(S(=O)(=O)NC2CC2)c1)C(=O)O. The van der Waals surface area contributed by atoms with Gasteiger partial charge in [0.2, 0.25) is 10.0 Å². The number of carboxylic acid groups (broad SMARTS) is 1. The number of hydrogen-bond donors (Lipinski definition) is 3. The minimum absolute atomic E-state index is 0.00235. The Labute approximate surface area is 141 Å². The zero-order chi connectivity index (χ0) is 17.9. The van der Waals surface area contributed by atoms with E-state index in [1.165, 1.54) is 24.3 Å². The van der Waals surface area contributed by atoms with Gasteiger partial charge in [0.05, 0.1) is 4.90 Å². The van der Waals surface area contributed by atoms with Gasteiger partial charge in [0.1, 0.15) is 6.04 Å². The van der Waals surface area contributed by atoms with Crippen molar-refractivity contribution in [3.8, 4) is 0 Å². The van der Waals surface area contributed by atoms with E-state index in [0.29, 0.717) is 6.42 Å². The molecule has 3 N–H and O–H groups in total. The van der Waals surface area contributed by atoms with Crippen molar-refractivity contribution >= 4 is 21.9 Å². The number of carbonyl (C=O) groups is 2. The topological polar surface area (TPSA) is 113 Å². The number of hydrogen-bond acceptors (Lipinski definition) is 4. The van der Waals surface area contributed by atoms with Crippen LogP contribution in [0.5, 0.6) is 0 Å². The Morgan fingerprint density at radius 3 is 2.54 bits per heavy atom. The number of aliphatic carboxylic acids is 1. The smallest absolute Gasteiger partial charge is 0.326 e. The number of nitrogens with one attached hydrogen (secondary N) is 2. The van der Waals surface area contributed by atoms with Crippen LogP contribution in [0.25, 0.3) is 0 Å². The third-order valence-electron chi connectivity index (χ3n) is 4.07. The number of amides is 1. The van der Waals surface area contributed by atoms with Gasteiger partial charge in [0.15, 0.2) is 0 Å². The summed E-state index contributed by atoms with van der Waals surface area (Å²) in [5, 5.41) is 11.7. The highest BCUT2D eigenvalue weighted by atomic mass is 32.2. The van der Waals surface area contributed by atoms with Gasteiger partial charge >= 0.3 is 5.97 Å². The van der Waals surface area contributed by atoms with Gasteiger partial charge in [-0.1, -0.05) is 26.3 Å². The van der Waals surface area contributed by atoms with Crippen LogP contribution in [-0.2, 0) is 14.8 Å². The van der Waals surface area contributed by atoms with Crippen molar-refractivity contribution < 1.29 is 23.1 Å².